The molecule has 35 heavy (non-hydrogen) atoms. The maximum atomic E-state index is 13.0. The summed E-state index contributed by atoms with van der Waals surface area (Å²) in [5, 5.41) is 17.6. The predicted molar refractivity (Wildman–Crippen MR) is 118 cm³/mol. The topological polar surface area (TPSA) is 180 Å². The number of carboxylic acid groups (broad SMARTS) is 1. The van der Waals surface area contributed by atoms with Gasteiger partial charge in [-0.05, 0) is 6.07 Å². The highest BCUT2D eigenvalue weighted by Crippen LogP contribution is 2.40. The number of anilines is 1. The number of fused-ring (bicyclic) bond motifs is 2. The Morgan fingerprint density at radius 3 is 2.97 bits per heavy atom. The summed E-state index contributed by atoms with van der Waals surface area (Å²) in [5.41, 5.74) is 6.95. The summed E-state index contributed by atoms with van der Waals surface area (Å²) in [4.78, 5) is 47.5. The van der Waals surface area contributed by atoms with E-state index in [-0.39, 0.29) is 29.7 Å². The van der Waals surface area contributed by atoms with Gasteiger partial charge in [-0.3, -0.25) is 14.5 Å². The molecule has 3 aromatic rings. The average molecular weight is 498 g/mol. The Morgan fingerprint density at radius 1 is 1.43 bits per heavy atom. The van der Waals surface area contributed by atoms with Gasteiger partial charge in [0.2, 0.25) is 0 Å². The number of rotatable bonds is 7. The van der Waals surface area contributed by atoms with E-state index in [0.717, 1.165) is 16.7 Å². The molecule has 2 amide bonds. The van der Waals surface area contributed by atoms with Gasteiger partial charge in [0.25, 0.3) is 23.3 Å². The quantitative estimate of drug-likeness (QED) is 0.173. The average Bonchev–Trinajstić information content (AvgIpc) is 3.49. The number of hydrogen-bond donors (Lipinski definition) is 2. The minimum Gasteiger partial charge on any atom is -0.543 e. The van der Waals surface area contributed by atoms with Crippen LogP contribution in [0.15, 0.2) is 62.2 Å². The van der Waals surface area contributed by atoms with Gasteiger partial charge < -0.3 is 34.6 Å². The molecule has 0 saturated carbocycles. The molecule has 0 aliphatic carbocycles. The zero-order chi connectivity index (χ0) is 24.7. The summed E-state index contributed by atoms with van der Waals surface area (Å²) < 4.78 is 12.1. The van der Waals surface area contributed by atoms with Crippen LogP contribution in [-0.4, -0.2) is 57.7 Å². The summed E-state index contributed by atoms with van der Waals surface area (Å²) in [5.74, 6) is -2.51. The van der Waals surface area contributed by atoms with E-state index in [1.54, 1.807) is 30.7 Å². The number of pyridine rings is 1. The van der Waals surface area contributed by atoms with Crippen LogP contribution in [0.3, 0.4) is 0 Å². The second-order valence-electron chi connectivity index (χ2n) is 7.60. The molecule has 2 aliphatic heterocycles. The number of nitrogens with one attached hydrogen (secondary N) is 1. The van der Waals surface area contributed by atoms with Gasteiger partial charge in [0, 0.05) is 23.5 Å². The van der Waals surface area contributed by atoms with Crippen molar-refractivity contribution in [2.24, 2.45) is 5.16 Å². The zero-order valence-corrected chi connectivity index (χ0v) is 19.0. The van der Waals surface area contributed by atoms with E-state index in [4.69, 9.17) is 19.4 Å². The van der Waals surface area contributed by atoms with Crippen molar-refractivity contribution in [1.29, 1.82) is 0 Å². The molecule has 3 aromatic heterocycles. The molecule has 5 heterocycles. The minimum atomic E-state index is -1.47. The first kappa shape index (κ1) is 22.5. The molecule has 1 unspecified atom stereocenters. The summed E-state index contributed by atoms with van der Waals surface area (Å²) in [6.07, 6.45) is 4.46. The van der Waals surface area contributed by atoms with E-state index in [1.165, 1.54) is 18.9 Å². The molecule has 0 aromatic carbocycles. The lowest BCUT2D eigenvalue weighted by molar-refractivity contribution is -0.663. The summed E-state index contributed by atoms with van der Waals surface area (Å²) >= 11 is 1.33. The van der Waals surface area contributed by atoms with Gasteiger partial charge >= 0.3 is 0 Å². The fourth-order valence-corrected chi connectivity index (χ4v) is 5.36. The van der Waals surface area contributed by atoms with Crippen molar-refractivity contribution < 1.29 is 37.7 Å². The summed E-state index contributed by atoms with van der Waals surface area (Å²) in [6, 6.07) is 4.19. The number of oxime groups is 1. The second-order valence-corrected chi connectivity index (χ2v) is 8.71. The van der Waals surface area contributed by atoms with Crippen LogP contribution in [0, 0.1) is 0 Å². The number of hydrogen-bond acceptors (Lipinski definition) is 11. The van der Waals surface area contributed by atoms with E-state index >= 15 is 0 Å². The number of nitrogens with two attached hydrogens (primary N) is 1. The number of aromatic nitrogens is 2. The molecular formula is C21H18N6O7S. The zero-order valence-electron chi connectivity index (χ0n) is 18.2. The number of thioether (sulfide) groups is 1. The molecular weight excluding hydrogens is 480 g/mol. The summed E-state index contributed by atoms with van der Waals surface area (Å²) in [7, 11) is 1.24. The number of β-lactam (4-membered cyclic amide) rings is 1. The highest BCUT2D eigenvalue weighted by atomic mass is 32.2. The predicted octanol–water partition coefficient (Wildman–Crippen LogP) is -1.25. The molecule has 5 rings (SSSR count). The van der Waals surface area contributed by atoms with Crippen LogP contribution in [0.2, 0.25) is 0 Å². The molecule has 13 nitrogen and oxygen atoms in total. The van der Waals surface area contributed by atoms with Crippen molar-refractivity contribution in [2.75, 3.05) is 18.6 Å². The molecule has 2 atom stereocenters. The molecule has 0 bridgehead atoms. The van der Waals surface area contributed by atoms with E-state index < -0.39 is 29.2 Å². The number of amides is 2. The Kier molecular flexibility index (Phi) is 5.64. The maximum absolute atomic E-state index is 13.0. The van der Waals surface area contributed by atoms with Crippen LogP contribution >= 0.6 is 11.8 Å². The first-order valence-electron chi connectivity index (χ1n) is 10.3. The third-order valence-electron chi connectivity index (χ3n) is 5.55. The molecule has 0 spiro atoms. The third kappa shape index (κ3) is 3.86. The number of nitrogens with zero attached hydrogens (tertiary/aromatic N) is 4. The van der Waals surface area contributed by atoms with Crippen LogP contribution in [0.5, 0.6) is 0 Å². The van der Waals surface area contributed by atoms with Gasteiger partial charge in [0.15, 0.2) is 24.0 Å². The third-order valence-corrected chi connectivity index (χ3v) is 6.89. The van der Waals surface area contributed by atoms with E-state index in [9.17, 15) is 19.5 Å². The van der Waals surface area contributed by atoms with Crippen LogP contribution in [-0.2, 0) is 25.8 Å². The van der Waals surface area contributed by atoms with Crippen molar-refractivity contribution in [3.05, 3.63) is 53.9 Å². The molecule has 3 N–H and O–H groups in total. The van der Waals surface area contributed by atoms with Crippen molar-refractivity contribution in [1.82, 2.24) is 15.2 Å². The van der Waals surface area contributed by atoms with E-state index in [0.29, 0.717) is 16.9 Å². The largest absolute Gasteiger partial charge is 0.543 e. The Bertz CT molecular complexity index is 1410. The van der Waals surface area contributed by atoms with Gasteiger partial charge in [-0.1, -0.05) is 5.16 Å². The van der Waals surface area contributed by atoms with Crippen LogP contribution in [0.1, 0.15) is 5.69 Å². The molecule has 14 heteroatoms. The van der Waals surface area contributed by atoms with Crippen molar-refractivity contribution >= 4 is 52.4 Å². The van der Waals surface area contributed by atoms with Crippen LogP contribution < -0.4 is 20.7 Å². The lowest BCUT2D eigenvalue weighted by Gasteiger charge is -2.50. The van der Waals surface area contributed by atoms with Crippen molar-refractivity contribution in [3.8, 4) is 0 Å². The number of carboxylic acids is 1. The number of carbonyl (C=O) groups excluding carboxylic acids is 3. The monoisotopic (exact) mass is 498 g/mol. The number of carbonyl (C=O) groups is 3. The highest BCUT2D eigenvalue weighted by Gasteiger charge is 2.53. The standard InChI is InChI=1S/C21H18N6O7S/c1-32-25-14(11-8-34-21(22)23-11)17(28)24-15-18(29)27-16(20(30)31)10(9-35-19(15)27)7-26-5-2-3-13-12(26)4-6-33-13/h2-6,8,15,19H,7,9H2,1H3,(H3-,22,23,24,28,30,31)/t15?,19-/m0/s1. The maximum Gasteiger partial charge on any atom is 0.292 e. The Labute approximate surface area is 201 Å². The molecule has 0 radical (unpaired) electrons. The van der Waals surface area contributed by atoms with Gasteiger partial charge in [0.1, 0.15) is 30.5 Å². The molecule has 1 saturated heterocycles. The van der Waals surface area contributed by atoms with Gasteiger partial charge in [0.05, 0.1) is 17.9 Å². The van der Waals surface area contributed by atoms with Gasteiger partial charge in [-0.15, -0.1) is 11.8 Å². The number of furan rings is 1. The van der Waals surface area contributed by atoms with E-state index in [1.807, 2.05) is 4.57 Å². The number of aliphatic carboxylic acids is 1. The minimum absolute atomic E-state index is 0.0184. The first-order chi connectivity index (χ1) is 16.9. The lowest BCUT2D eigenvalue weighted by atomic mass is 10.0. The SMILES string of the molecule is CON=C(C(=O)NC1C(=O)N2C(C(=O)[O-])=C(C[n+]3cccc4occc43)CS[C@@H]12)c1coc(N)n1. The Hall–Kier alpha value is -4.33. The fourth-order valence-electron chi connectivity index (χ4n) is 4.03. The number of nitrogen functional groups attached to an aromatic ring is 1. The van der Waals surface area contributed by atoms with Gasteiger partial charge in [-0.2, -0.15) is 9.55 Å². The molecule has 180 valence electrons. The second kappa shape index (κ2) is 8.79. The lowest BCUT2D eigenvalue weighted by Crippen LogP contribution is -2.71. The highest BCUT2D eigenvalue weighted by molar-refractivity contribution is 8.00. The van der Waals surface area contributed by atoms with E-state index in [2.05, 4.69) is 15.5 Å². The first-order valence-corrected chi connectivity index (χ1v) is 11.3. The van der Waals surface area contributed by atoms with Crippen LogP contribution in [0.25, 0.3) is 11.1 Å². The molecule has 1 fully saturated rings. The number of oxazole rings is 1. The summed E-state index contributed by atoms with van der Waals surface area (Å²) in [6.45, 7) is 0.221. The van der Waals surface area contributed by atoms with Crippen molar-refractivity contribution in [3.63, 3.8) is 0 Å². The normalized spacial score (nSPS) is 20.0. The smallest absolute Gasteiger partial charge is 0.292 e. The Morgan fingerprint density at radius 2 is 2.26 bits per heavy atom. The van der Waals surface area contributed by atoms with Crippen molar-refractivity contribution in [2.45, 2.75) is 18.0 Å². The van der Waals surface area contributed by atoms with Crippen LogP contribution in [0.4, 0.5) is 6.01 Å². The fraction of sp³-hybridized carbons (Fsp3) is 0.238. The molecule has 2 aliphatic rings. The Balaban J connectivity index is 1.38. The van der Waals surface area contributed by atoms with Gasteiger partial charge in [-0.25, -0.2) is 0 Å².